The Hall–Kier alpha value is -4.25. The molecule has 1 N–H and O–H groups in total. The molecule has 0 bridgehead atoms. The number of hydrogen-bond donors (Lipinski definition) is 1. The van der Waals surface area contributed by atoms with E-state index in [9.17, 15) is 23.3 Å². The molecule has 11 heteroatoms. The van der Waals surface area contributed by atoms with E-state index in [1.807, 2.05) is 6.92 Å². The van der Waals surface area contributed by atoms with Crippen LogP contribution in [0.2, 0.25) is 0 Å². The van der Waals surface area contributed by atoms with Crippen LogP contribution in [0, 0.1) is 10.1 Å². The largest absolute Gasteiger partial charge is 0.494 e. The van der Waals surface area contributed by atoms with Gasteiger partial charge in [-0.2, -0.15) is 5.10 Å². The highest BCUT2D eigenvalue weighted by Crippen LogP contribution is 2.25. The highest BCUT2D eigenvalue weighted by Gasteiger charge is 2.27. The number of hydrazone groups is 1. The monoisotopic (exact) mass is 482 g/mol. The van der Waals surface area contributed by atoms with Gasteiger partial charge in [-0.05, 0) is 61.0 Å². The van der Waals surface area contributed by atoms with Crippen LogP contribution in [0.3, 0.4) is 0 Å². The van der Waals surface area contributed by atoms with Crippen LogP contribution >= 0.6 is 0 Å². The first-order valence-electron chi connectivity index (χ1n) is 10.2. The van der Waals surface area contributed by atoms with Crippen molar-refractivity contribution in [3.05, 3.63) is 94.5 Å². The van der Waals surface area contributed by atoms with Crippen LogP contribution in [0.5, 0.6) is 5.75 Å². The molecule has 0 atom stereocenters. The number of nitro benzene ring substituents is 1. The third-order valence-corrected chi connectivity index (χ3v) is 6.35. The SMILES string of the molecule is CCOc1ccc(/C=N\NC(=O)CN(c2ccc([N+](=O)[O-])cc2)S(=O)(=O)c2ccccc2)cc1. The third-order valence-electron chi connectivity index (χ3n) is 4.56. The molecule has 0 spiro atoms. The fourth-order valence-corrected chi connectivity index (χ4v) is 4.38. The van der Waals surface area contributed by atoms with Crippen LogP contribution in [0.1, 0.15) is 12.5 Å². The van der Waals surface area contributed by atoms with Gasteiger partial charge >= 0.3 is 0 Å². The lowest BCUT2D eigenvalue weighted by atomic mass is 10.2. The summed E-state index contributed by atoms with van der Waals surface area (Å²) in [6.45, 7) is 1.83. The van der Waals surface area contributed by atoms with E-state index in [1.165, 1.54) is 42.6 Å². The van der Waals surface area contributed by atoms with Gasteiger partial charge in [0.15, 0.2) is 0 Å². The maximum absolute atomic E-state index is 13.2. The molecule has 3 aromatic carbocycles. The number of sulfonamides is 1. The molecule has 176 valence electrons. The minimum atomic E-state index is -4.13. The average Bonchev–Trinajstić information content (AvgIpc) is 2.84. The number of hydrogen-bond acceptors (Lipinski definition) is 7. The topological polar surface area (TPSA) is 131 Å². The number of non-ortho nitro benzene ring substituents is 1. The van der Waals surface area contributed by atoms with Gasteiger partial charge in [0.1, 0.15) is 12.3 Å². The summed E-state index contributed by atoms with van der Waals surface area (Å²) >= 11 is 0. The van der Waals surface area contributed by atoms with E-state index in [2.05, 4.69) is 10.5 Å². The van der Waals surface area contributed by atoms with E-state index in [-0.39, 0.29) is 16.3 Å². The van der Waals surface area contributed by atoms with E-state index in [0.29, 0.717) is 17.9 Å². The Labute approximate surface area is 196 Å². The first kappa shape index (κ1) is 24.4. The number of ether oxygens (including phenoxy) is 1. The Bertz CT molecular complexity index is 1260. The molecule has 0 saturated heterocycles. The zero-order valence-corrected chi connectivity index (χ0v) is 19.0. The van der Waals surface area contributed by atoms with E-state index in [0.717, 1.165) is 4.31 Å². The summed E-state index contributed by atoms with van der Waals surface area (Å²) < 4.78 is 32.7. The predicted molar refractivity (Wildman–Crippen MR) is 127 cm³/mol. The molecule has 10 nitrogen and oxygen atoms in total. The van der Waals surface area contributed by atoms with Crippen LogP contribution in [0.25, 0.3) is 0 Å². The number of carbonyl (C=O) groups is 1. The van der Waals surface area contributed by atoms with Crippen LogP contribution in [0.15, 0.2) is 88.9 Å². The number of nitrogens with one attached hydrogen (secondary N) is 1. The number of amides is 1. The average molecular weight is 483 g/mol. The number of carbonyl (C=O) groups excluding carboxylic acids is 1. The van der Waals surface area contributed by atoms with Gasteiger partial charge in [-0.25, -0.2) is 13.8 Å². The van der Waals surface area contributed by atoms with Crippen molar-refractivity contribution in [1.29, 1.82) is 0 Å². The fraction of sp³-hybridized carbons (Fsp3) is 0.130. The molecule has 0 heterocycles. The second-order valence-corrected chi connectivity index (χ2v) is 8.76. The van der Waals surface area contributed by atoms with Gasteiger partial charge < -0.3 is 4.74 Å². The lowest BCUT2D eigenvalue weighted by Crippen LogP contribution is -2.39. The molecule has 0 aliphatic heterocycles. The molecule has 0 saturated carbocycles. The highest BCUT2D eigenvalue weighted by atomic mass is 32.2. The van der Waals surface area contributed by atoms with Gasteiger partial charge in [0.05, 0.1) is 28.3 Å². The standard InChI is InChI=1S/C23H22N4O6S/c1-2-33-21-14-8-18(9-15-21)16-24-25-23(28)17-26(19-10-12-20(13-11-19)27(29)30)34(31,32)22-6-4-3-5-7-22/h3-16H,2,17H2,1H3,(H,25,28)/b24-16-. The zero-order valence-electron chi connectivity index (χ0n) is 18.2. The van der Waals surface area contributed by atoms with Crippen molar-refractivity contribution in [3.8, 4) is 5.75 Å². The molecule has 3 aromatic rings. The van der Waals surface area contributed by atoms with Crippen LogP contribution in [-0.4, -0.2) is 38.6 Å². The molecular weight excluding hydrogens is 460 g/mol. The molecule has 3 rings (SSSR count). The molecule has 0 radical (unpaired) electrons. The molecule has 34 heavy (non-hydrogen) atoms. The molecule has 0 aliphatic rings. The van der Waals surface area contributed by atoms with Crippen LogP contribution in [0.4, 0.5) is 11.4 Å². The summed E-state index contributed by atoms with van der Waals surface area (Å²) in [5.41, 5.74) is 2.90. The Kier molecular flexibility index (Phi) is 7.93. The summed E-state index contributed by atoms with van der Waals surface area (Å²) in [5, 5.41) is 14.8. The summed E-state index contributed by atoms with van der Waals surface area (Å²) in [5.74, 6) is 0.00795. The number of rotatable bonds is 10. The summed E-state index contributed by atoms with van der Waals surface area (Å²) in [6, 6.07) is 19.5. The van der Waals surface area contributed by atoms with E-state index >= 15 is 0 Å². The maximum Gasteiger partial charge on any atom is 0.269 e. The van der Waals surface area contributed by atoms with Crippen molar-refractivity contribution in [3.63, 3.8) is 0 Å². The Balaban J connectivity index is 1.79. The number of benzene rings is 3. The van der Waals surface area contributed by atoms with Gasteiger partial charge in [-0.1, -0.05) is 18.2 Å². The first-order chi connectivity index (χ1) is 16.3. The van der Waals surface area contributed by atoms with E-state index in [1.54, 1.807) is 42.5 Å². The molecule has 0 unspecified atom stereocenters. The molecular formula is C23H22N4O6S. The summed E-state index contributed by atoms with van der Waals surface area (Å²) in [7, 11) is -4.13. The molecule has 0 aliphatic carbocycles. The maximum atomic E-state index is 13.2. The second kappa shape index (κ2) is 11.1. The van der Waals surface area contributed by atoms with Gasteiger partial charge in [0, 0.05) is 12.1 Å². The first-order valence-corrected chi connectivity index (χ1v) is 11.6. The lowest BCUT2D eigenvalue weighted by Gasteiger charge is -2.23. The van der Waals surface area contributed by atoms with Crippen molar-refractivity contribution in [2.45, 2.75) is 11.8 Å². The molecule has 0 aromatic heterocycles. The molecule has 0 fully saturated rings. The van der Waals surface area contributed by atoms with Crippen LogP contribution < -0.4 is 14.5 Å². The van der Waals surface area contributed by atoms with Crippen molar-refractivity contribution >= 4 is 33.5 Å². The van der Waals surface area contributed by atoms with Gasteiger partial charge in [-0.15, -0.1) is 0 Å². The second-order valence-electron chi connectivity index (χ2n) is 6.89. The highest BCUT2D eigenvalue weighted by molar-refractivity contribution is 7.92. The third kappa shape index (κ3) is 6.17. The van der Waals surface area contributed by atoms with Crippen molar-refractivity contribution < 1.29 is 22.9 Å². The van der Waals surface area contributed by atoms with Gasteiger partial charge in [0.25, 0.3) is 21.6 Å². The van der Waals surface area contributed by atoms with E-state index < -0.39 is 27.4 Å². The smallest absolute Gasteiger partial charge is 0.269 e. The Morgan fingerprint density at radius 2 is 1.71 bits per heavy atom. The summed E-state index contributed by atoms with van der Waals surface area (Å²) in [6.07, 6.45) is 1.41. The van der Waals surface area contributed by atoms with Crippen LogP contribution in [-0.2, 0) is 14.8 Å². The number of nitro groups is 1. The minimum Gasteiger partial charge on any atom is -0.494 e. The number of anilines is 1. The minimum absolute atomic E-state index is 0.0287. The quantitative estimate of drug-likeness (QED) is 0.268. The van der Waals surface area contributed by atoms with Crippen molar-refractivity contribution in [1.82, 2.24) is 5.43 Å². The predicted octanol–water partition coefficient (Wildman–Crippen LogP) is 3.34. The Morgan fingerprint density at radius 1 is 1.06 bits per heavy atom. The zero-order chi connectivity index (χ0) is 24.6. The van der Waals surface area contributed by atoms with Crippen molar-refractivity contribution in [2.75, 3.05) is 17.5 Å². The normalized spacial score (nSPS) is 11.2. The van der Waals surface area contributed by atoms with Crippen molar-refractivity contribution in [2.24, 2.45) is 5.10 Å². The fourth-order valence-electron chi connectivity index (χ4n) is 2.94. The summed E-state index contributed by atoms with van der Waals surface area (Å²) in [4.78, 5) is 22.9. The van der Waals surface area contributed by atoms with Gasteiger partial charge in [-0.3, -0.25) is 19.2 Å². The molecule has 1 amide bonds. The number of nitrogens with zero attached hydrogens (tertiary/aromatic N) is 3. The Morgan fingerprint density at radius 3 is 2.29 bits per heavy atom. The van der Waals surface area contributed by atoms with Gasteiger partial charge in [0.2, 0.25) is 0 Å². The lowest BCUT2D eigenvalue weighted by molar-refractivity contribution is -0.384. The van der Waals surface area contributed by atoms with E-state index in [4.69, 9.17) is 4.74 Å².